The number of carboxylic acid groups (broad SMARTS) is 1. The van der Waals surface area contributed by atoms with Gasteiger partial charge in [-0.3, -0.25) is 4.79 Å². The van der Waals surface area contributed by atoms with Gasteiger partial charge in [0.05, 0.1) is 0 Å². The van der Waals surface area contributed by atoms with Crippen LogP contribution in [0.5, 0.6) is 0 Å². The maximum atomic E-state index is 11.7. The third-order valence-electron chi connectivity index (χ3n) is 2.52. The van der Waals surface area contributed by atoms with E-state index in [1.807, 2.05) is 6.26 Å². The Morgan fingerprint density at radius 3 is 2.60 bits per heavy atom. The highest BCUT2D eigenvalue weighted by molar-refractivity contribution is 7.98. The number of thioether (sulfide) groups is 1. The second-order valence-electron chi connectivity index (χ2n) is 4.07. The molecule has 1 aromatic carbocycles. The fraction of sp³-hybridized carbons (Fsp3) is 0.286. The number of carbonyl (C=O) groups excluding carboxylic acids is 1. The van der Waals surface area contributed by atoms with Crippen LogP contribution in [-0.2, 0) is 9.59 Å². The Labute approximate surface area is 127 Å². The molecule has 0 saturated heterocycles. The predicted octanol–water partition coefficient (Wildman–Crippen LogP) is 2.68. The van der Waals surface area contributed by atoms with Crippen LogP contribution < -0.4 is 5.32 Å². The van der Waals surface area contributed by atoms with Crippen molar-refractivity contribution in [1.82, 2.24) is 5.32 Å². The lowest BCUT2D eigenvalue weighted by atomic mass is 10.2. The summed E-state index contributed by atoms with van der Waals surface area (Å²) in [7, 11) is 0. The number of halogens is 1. The summed E-state index contributed by atoms with van der Waals surface area (Å²) in [5.41, 5.74) is 0.820. The molecular weight excluding hydrogens is 298 g/mol. The average Bonchev–Trinajstić information content (AvgIpc) is 2.42. The maximum Gasteiger partial charge on any atom is 0.326 e. The molecule has 0 saturated carbocycles. The van der Waals surface area contributed by atoms with Crippen molar-refractivity contribution >= 4 is 41.3 Å². The van der Waals surface area contributed by atoms with Gasteiger partial charge in [0.15, 0.2) is 0 Å². The number of carboxylic acids is 1. The standard InChI is InChI=1S/C14H16ClNO3S/c1-20-9-8-12(14(18)19)16-13(17)7-4-10-2-5-11(15)6-3-10/h2-7,12H,8-9H2,1H3,(H,16,17)(H,18,19)/b7-4+/t12-/m1/s1. The Kier molecular flexibility index (Phi) is 7.18. The van der Waals surface area contributed by atoms with E-state index >= 15 is 0 Å². The summed E-state index contributed by atoms with van der Waals surface area (Å²) in [6.07, 6.45) is 5.22. The number of aliphatic carboxylic acids is 1. The van der Waals surface area contributed by atoms with Crippen LogP contribution in [0.3, 0.4) is 0 Å². The van der Waals surface area contributed by atoms with Gasteiger partial charge in [-0.25, -0.2) is 4.79 Å². The Morgan fingerprint density at radius 2 is 2.05 bits per heavy atom. The summed E-state index contributed by atoms with van der Waals surface area (Å²) >= 11 is 7.30. The van der Waals surface area contributed by atoms with Gasteiger partial charge in [0, 0.05) is 11.1 Å². The van der Waals surface area contributed by atoms with E-state index in [1.54, 1.807) is 42.1 Å². The van der Waals surface area contributed by atoms with E-state index in [0.717, 1.165) is 5.56 Å². The predicted molar refractivity (Wildman–Crippen MR) is 83.1 cm³/mol. The summed E-state index contributed by atoms with van der Waals surface area (Å²) < 4.78 is 0. The number of benzene rings is 1. The molecule has 0 radical (unpaired) electrons. The molecule has 1 atom stereocenters. The smallest absolute Gasteiger partial charge is 0.326 e. The van der Waals surface area contributed by atoms with Crippen LogP contribution in [0.1, 0.15) is 12.0 Å². The minimum absolute atomic E-state index is 0.400. The highest BCUT2D eigenvalue weighted by Crippen LogP contribution is 2.10. The molecule has 0 heterocycles. The molecule has 0 aliphatic carbocycles. The first-order chi connectivity index (χ1) is 9.52. The van der Waals surface area contributed by atoms with Crippen molar-refractivity contribution in [3.63, 3.8) is 0 Å². The van der Waals surface area contributed by atoms with Crippen LogP contribution in [0, 0.1) is 0 Å². The van der Waals surface area contributed by atoms with Crippen LogP contribution in [0.4, 0.5) is 0 Å². The molecular formula is C14H16ClNO3S. The molecule has 1 rings (SSSR count). The molecule has 0 aliphatic heterocycles. The van der Waals surface area contributed by atoms with Crippen molar-refractivity contribution in [3.05, 3.63) is 40.9 Å². The summed E-state index contributed by atoms with van der Waals surface area (Å²) in [6, 6.07) is 6.13. The molecule has 1 aromatic rings. The maximum absolute atomic E-state index is 11.7. The number of hydrogen-bond donors (Lipinski definition) is 2. The monoisotopic (exact) mass is 313 g/mol. The van der Waals surface area contributed by atoms with Crippen molar-refractivity contribution in [2.45, 2.75) is 12.5 Å². The first kappa shape index (κ1) is 16.6. The van der Waals surface area contributed by atoms with E-state index in [1.165, 1.54) is 6.08 Å². The highest BCUT2D eigenvalue weighted by Gasteiger charge is 2.17. The molecule has 2 N–H and O–H groups in total. The minimum Gasteiger partial charge on any atom is -0.480 e. The van der Waals surface area contributed by atoms with Gasteiger partial charge >= 0.3 is 5.97 Å². The minimum atomic E-state index is -1.02. The van der Waals surface area contributed by atoms with E-state index in [0.29, 0.717) is 17.2 Å². The molecule has 20 heavy (non-hydrogen) atoms. The Bertz CT molecular complexity index is 488. The molecule has 1 amide bonds. The van der Waals surface area contributed by atoms with Gasteiger partial charge in [-0.05, 0) is 42.2 Å². The summed E-state index contributed by atoms with van der Waals surface area (Å²) in [6.45, 7) is 0. The van der Waals surface area contributed by atoms with Crippen LogP contribution in [0.25, 0.3) is 6.08 Å². The number of carbonyl (C=O) groups is 2. The van der Waals surface area contributed by atoms with E-state index in [-0.39, 0.29) is 0 Å². The SMILES string of the molecule is CSCC[C@@H](NC(=O)/C=C/c1ccc(Cl)cc1)C(=O)O. The van der Waals surface area contributed by atoms with Crippen molar-refractivity contribution in [2.75, 3.05) is 12.0 Å². The van der Waals surface area contributed by atoms with Gasteiger partial charge in [-0.1, -0.05) is 23.7 Å². The molecule has 108 valence electrons. The lowest BCUT2D eigenvalue weighted by Gasteiger charge is -2.12. The quantitative estimate of drug-likeness (QED) is 0.760. The molecule has 0 unspecified atom stereocenters. The number of hydrogen-bond acceptors (Lipinski definition) is 3. The average molecular weight is 314 g/mol. The topological polar surface area (TPSA) is 66.4 Å². The first-order valence-corrected chi connectivity index (χ1v) is 7.76. The van der Waals surface area contributed by atoms with E-state index < -0.39 is 17.9 Å². The van der Waals surface area contributed by atoms with Crippen LogP contribution >= 0.6 is 23.4 Å². The molecule has 0 aromatic heterocycles. The summed E-state index contributed by atoms with van der Waals surface area (Å²) in [5, 5.41) is 12.1. The van der Waals surface area contributed by atoms with Gasteiger partial charge in [0.1, 0.15) is 6.04 Å². The van der Waals surface area contributed by atoms with E-state index in [4.69, 9.17) is 16.7 Å². The third kappa shape index (κ3) is 6.12. The molecule has 0 aliphatic rings. The van der Waals surface area contributed by atoms with Crippen molar-refractivity contribution in [1.29, 1.82) is 0 Å². The third-order valence-corrected chi connectivity index (χ3v) is 3.42. The van der Waals surface area contributed by atoms with Crippen molar-refractivity contribution in [2.24, 2.45) is 0 Å². The summed E-state index contributed by atoms with van der Waals surface area (Å²) in [5.74, 6) is -0.765. The second-order valence-corrected chi connectivity index (χ2v) is 5.49. The largest absolute Gasteiger partial charge is 0.480 e. The van der Waals surface area contributed by atoms with E-state index in [9.17, 15) is 9.59 Å². The number of nitrogens with one attached hydrogen (secondary N) is 1. The fourth-order valence-electron chi connectivity index (χ4n) is 1.46. The zero-order valence-electron chi connectivity index (χ0n) is 11.0. The lowest BCUT2D eigenvalue weighted by molar-refractivity contribution is -0.141. The Morgan fingerprint density at radius 1 is 1.40 bits per heavy atom. The first-order valence-electron chi connectivity index (χ1n) is 5.99. The molecule has 6 heteroatoms. The fourth-order valence-corrected chi connectivity index (χ4v) is 2.06. The summed E-state index contributed by atoms with van der Waals surface area (Å²) in [4.78, 5) is 22.7. The van der Waals surface area contributed by atoms with Gasteiger partial charge in [-0.2, -0.15) is 11.8 Å². The molecule has 0 fully saturated rings. The van der Waals surface area contributed by atoms with Crippen molar-refractivity contribution in [3.8, 4) is 0 Å². The van der Waals surface area contributed by atoms with Crippen molar-refractivity contribution < 1.29 is 14.7 Å². The lowest BCUT2D eigenvalue weighted by Crippen LogP contribution is -2.40. The highest BCUT2D eigenvalue weighted by atomic mass is 35.5. The van der Waals surface area contributed by atoms with E-state index in [2.05, 4.69) is 5.32 Å². The van der Waals surface area contributed by atoms with Gasteiger partial charge in [0.25, 0.3) is 0 Å². The Balaban J connectivity index is 2.56. The normalized spacial score (nSPS) is 12.3. The number of amides is 1. The second kappa shape index (κ2) is 8.66. The zero-order chi connectivity index (χ0) is 15.0. The van der Waals surface area contributed by atoms with Gasteiger partial charge in [0.2, 0.25) is 5.91 Å². The van der Waals surface area contributed by atoms with Crippen LogP contribution in [0.15, 0.2) is 30.3 Å². The molecule has 4 nitrogen and oxygen atoms in total. The zero-order valence-corrected chi connectivity index (χ0v) is 12.6. The number of rotatable bonds is 7. The molecule has 0 spiro atoms. The molecule has 0 bridgehead atoms. The van der Waals surface area contributed by atoms with Crippen LogP contribution in [0.2, 0.25) is 5.02 Å². The van der Waals surface area contributed by atoms with Gasteiger partial charge < -0.3 is 10.4 Å². The van der Waals surface area contributed by atoms with Gasteiger partial charge in [-0.15, -0.1) is 0 Å². The van der Waals surface area contributed by atoms with Crippen LogP contribution in [-0.4, -0.2) is 35.0 Å². The Hall–Kier alpha value is -1.46.